The van der Waals surface area contributed by atoms with Crippen molar-refractivity contribution in [2.45, 2.75) is 20.0 Å². The Morgan fingerprint density at radius 3 is 2.65 bits per heavy atom. The minimum Gasteiger partial charge on any atom is -0.497 e. The number of methoxy groups -OCH3 is 1. The smallest absolute Gasteiger partial charge is 0.248 e. The van der Waals surface area contributed by atoms with E-state index in [0.717, 1.165) is 23.3 Å². The summed E-state index contributed by atoms with van der Waals surface area (Å²) < 4.78 is 5.14. The quantitative estimate of drug-likeness (QED) is 0.804. The minimum atomic E-state index is -0.250. The number of aromatic nitrogens is 1. The van der Waals surface area contributed by atoms with Crippen molar-refractivity contribution in [3.63, 3.8) is 0 Å². The van der Waals surface area contributed by atoms with Crippen LogP contribution in [-0.2, 0) is 11.4 Å². The molecular formula is C18H20N2O3. The van der Waals surface area contributed by atoms with Gasteiger partial charge >= 0.3 is 0 Å². The van der Waals surface area contributed by atoms with E-state index < -0.39 is 0 Å². The topological polar surface area (TPSA) is 71.5 Å². The van der Waals surface area contributed by atoms with Crippen LogP contribution >= 0.6 is 0 Å². The van der Waals surface area contributed by atoms with Crippen molar-refractivity contribution in [1.29, 1.82) is 0 Å². The summed E-state index contributed by atoms with van der Waals surface area (Å²) in [7, 11) is 1.62. The van der Waals surface area contributed by atoms with E-state index in [1.165, 1.54) is 6.20 Å². The highest BCUT2D eigenvalue weighted by molar-refractivity contribution is 6.04. The zero-order valence-corrected chi connectivity index (χ0v) is 13.2. The summed E-state index contributed by atoms with van der Waals surface area (Å²) in [4.78, 5) is 16.2. The molecule has 23 heavy (non-hydrogen) atoms. The van der Waals surface area contributed by atoms with E-state index in [2.05, 4.69) is 10.3 Å². The molecule has 5 heteroatoms. The first-order chi connectivity index (χ1) is 11.2. The number of benzene rings is 1. The Bertz CT molecular complexity index is 694. The maximum absolute atomic E-state index is 12.2. The fourth-order valence-corrected chi connectivity index (χ4v) is 2.20. The number of carbonyl (C=O) groups is 1. The maximum Gasteiger partial charge on any atom is 0.248 e. The number of aliphatic hydroxyl groups is 1. The minimum absolute atomic E-state index is 0.152. The highest BCUT2D eigenvalue weighted by Gasteiger charge is 2.07. The average Bonchev–Trinajstić information content (AvgIpc) is 2.60. The first-order valence-corrected chi connectivity index (χ1v) is 7.37. The molecule has 0 saturated heterocycles. The van der Waals surface area contributed by atoms with Crippen LogP contribution in [0.1, 0.15) is 24.5 Å². The monoisotopic (exact) mass is 312 g/mol. The van der Waals surface area contributed by atoms with E-state index in [4.69, 9.17) is 4.74 Å². The number of allylic oxidation sites excluding steroid dienone is 1. The van der Waals surface area contributed by atoms with Crippen molar-refractivity contribution in [3.05, 3.63) is 59.9 Å². The third kappa shape index (κ3) is 4.40. The Hall–Kier alpha value is -2.66. The molecule has 0 aliphatic rings. The van der Waals surface area contributed by atoms with Gasteiger partial charge in [-0.1, -0.05) is 19.1 Å². The van der Waals surface area contributed by atoms with Gasteiger partial charge in [-0.15, -0.1) is 0 Å². The average molecular weight is 312 g/mol. The second-order valence-corrected chi connectivity index (χ2v) is 4.93. The Morgan fingerprint density at radius 1 is 1.30 bits per heavy atom. The van der Waals surface area contributed by atoms with E-state index in [1.54, 1.807) is 25.4 Å². The van der Waals surface area contributed by atoms with Crippen molar-refractivity contribution in [2.75, 3.05) is 12.4 Å². The molecule has 0 aliphatic heterocycles. The van der Waals surface area contributed by atoms with E-state index >= 15 is 0 Å². The normalized spacial score (nSPS) is 11.2. The molecule has 0 radical (unpaired) electrons. The molecule has 0 bridgehead atoms. The van der Waals surface area contributed by atoms with Gasteiger partial charge < -0.3 is 15.2 Å². The number of amides is 1. The van der Waals surface area contributed by atoms with Gasteiger partial charge in [0, 0.05) is 17.8 Å². The van der Waals surface area contributed by atoms with E-state index in [1.807, 2.05) is 31.2 Å². The lowest BCUT2D eigenvalue weighted by Gasteiger charge is -2.09. The molecule has 2 aromatic rings. The largest absolute Gasteiger partial charge is 0.497 e. The molecule has 1 aromatic carbocycles. The summed E-state index contributed by atoms with van der Waals surface area (Å²) in [6, 6.07) is 9.24. The molecule has 0 spiro atoms. The summed E-state index contributed by atoms with van der Waals surface area (Å²) >= 11 is 0. The number of carbonyl (C=O) groups excluding carboxylic acids is 1. The first-order valence-electron chi connectivity index (χ1n) is 7.37. The Kier molecular flexibility index (Phi) is 5.88. The van der Waals surface area contributed by atoms with Gasteiger partial charge in [-0.05, 0) is 35.8 Å². The number of nitrogens with zero attached hydrogens (tertiary/aromatic N) is 1. The zero-order chi connectivity index (χ0) is 16.7. The number of pyridine rings is 1. The number of nitrogens with one attached hydrogen (secondary N) is 1. The van der Waals surface area contributed by atoms with Gasteiger partial charge in [0.2, 0.25) is 5.91 Å². The van der Waals surface area contributed by atoms with Crippen LogP contribution < -0.4 is 10.1 Å². The Balaban J connectivity index is 2.18. The lowest BCUT2D eigenvalue weighted by Crippen LogP contribution is -2.11. The predicted molar refractivity (Wildman–Crippen MR) is 90.1 cm³/mol. The molecule has 120 valence electrons. The number of anilines is 1. The molecule has 1 aromatic heterocycles. The molecule has 5 nitrogen and oxygen atoms in total. The summed E-state index contributed by atoms with van der Waals surface area (Å²) in [5, 5.41) is 12.0. The summed E-state index contributed by atoms with van der Waals surface area (Å²) in [6.07, 6.45) is 5.39. The molecule has 0 aliphatic carbocycles. The maximum atomic E-state index is 12.2. The van der Waals surface area contributed by atoms with Crippen LogP contribution in [0.2, 0.25) is 0 Å². The van der Waals surface area contributed by atoms with Gasteiger partial charge in [0.05, 0.1) is 25.6 Å². The van der Waals surface area contributed by atoms with E-state index in [9.17, 15) is 9.90 Å². The SMILES string of the molecule is CC/C(=C/C(=O)Nc1cnccc1CO)c1ccc(OC)cc1. The molecule has 0 atom stereocenters. The highest BCUT2D eigenvalue weighted by Crippen LogP contribution is 2.21. The molecule has 0 unspecified atom stereocenters. The standard InChI is InChI=1S/C18H20N2O3/c1-3-13(14-4-6-16(23-2)7-5-14)10-18(22)20-17-11-19-9-8-15(17)12-21/h4-11,21H,3,12H2,1-2H3,(H,20,22)/b13-10-. The first kappa shape index (κ1) is 16.7. The van der Waals surface area contributed by atoms with Crippen molar-refractivity contribution >= 4 is 17.2 Å². The molecule has 0 fully saturated rings. The van der Waals surface area contributed by atoms with E-state index in [0.29, 0.717) is 11.3 Å². The second-order valence-electron chi connectivity index (χ2n) is 4.93. The van der Waals surface area contributed by atoms with Crippen LogP contribution in [0.15, 0.2) is 48.8 Å². The van der Waals surface area contributed by atoms with Gasteiger partial charge in [-0.25, -0.2) is 0 Å². The number of hydrogen-bond donors (Lipinski definition) is 2. The van der Waals surface area contributed by atoms with Crippen LogP contribution in [-0.4, -0.2) is 23.1 Å². The van der Waals surface area contributed by atoms with Gasteiger partial charge in [-0.3, -0.25) is 9.78 Å². The third-order valence-corrected chi connectivity index (χ3v) is 3.49. The Morgan fingerprint density at radius 2 is 2.04 bits per heavy atom. The summed E-state index contributed by atoms with van der Waals surface area (Å²) in [5.41, 5.74) is 3.03. The van der Waals surface area contributed by atoms with Crippen molar-refractivity contribution in [2.24, 2.45) is 0 Å². The third-order valence-electron chi connectivity index (χ3n) is 3.49. The summed E-state index contributed by atoms with van der Waals surface area (Å²) in [6.45, 7) is 1.84. The van der Waals surface area contributed by atoms with Crippen LogP contribution in [0, 0.1) is 0 Å². The zero-order valence-electron chi connectivity index (χ0n) is 13.2. The summed E-state index contributed by atoms with van der Waals surface area (Å²) in [5.74, 6) is 0.525. The number of ether oxygens (including phenoxy) is 1. The van der Waals surface area contributed by atoms with Crippen molar-refractivity contribution in [1.82, 2.24) is 4.98 Å². The van der Waals surface area contributed by atoms with Crippen molar-refractivity contribution < 1.29 is 14.6 Å². The molecule has 2 N–H and O–H groups in total. The Labute approximate surface area is 135 Å². The molecule has 1 amide bonds. The lowest BCUT2D eigenvalue weighted by molar-refractivity contribution is -0.111. The molecule has 2 rings (SSSR count). The van der Waals surface area contributed by atoms with Crippen LogP contribution in [0.4, 0.5) is 5.69 Å². The molecule has 1 heterocycles. The van der Waals surface area contributed by atoms with Crippen molar-refractivity contribution in [3.8, 4) is 5.75 Å². The number of hydrogen-bond acceptors (Lipinski definition) is 4. The van der Waals surface area contributed by atoms with Gasteiger partial charge in [-0.2, -0.15) is 0 Å². The number of aliphatic hydroxyl groups excluding tert-OH is 1. The fraction of sp³-hybridized carbons (Fsp3) is 0.222. The molecular weight excluding hydrogens is 292 g/mol. The fourth-order valence-electron chi connectivity index (χ4n) is 2.20. The number of rotatable bonds is 6. The van der Waals surface area contributed by atoms with E-state index in [-0.39, 0.29) is 12.5 Å². The van der Waals surface area contributed by atoms with Gasteiger partial charge in [0.1, 0.15) is 5.75 Å². The predicted octanol–water partition coefficient (Wildman–Crippen LogP) is 3.01. The van der Waals surface area contributed by atoms with Crippen LogP contribution in [0.25, 0.3) is 5.57 Å². The lowest BCUT2D eigenvalue weighted by atomic mass is 10.0. The van der Waals surface area contributed by atoms with Crippen LogP contribution in [0.5, 0.6) is 5.75 Å². The van der Waals surface area contributed by atoms with Gasteiger partial charge in [0.15, 0.2) is 0 Å². The second kappa shape index (κ2) is 8.10. The highest BCUT2D eigenvalue weighted by atomic mass is 16.5. The van der Waals surface area contributed by atoms with Gasteiger partial charge in [0.25, 0.3) is 0 Å². The molecule has 0 saturated carbocycles. The van der Waals surface area contributed by atoms with Crippen LogP contribution in [0.3, 0.4) is 0 Å².